The van der Waals surface area contributed by atoms with E-state index < -0.39 is 0 Å². The van der Waals surface area contributed by atoms with Crippen molar-refractivity contribution < 1.29 is 13.9 Å². The number of nitrogens with two attached hydrogens (primary N) is 1. The van der Waals surface area contributed by atoms with E-state index in [1.165, 1.54) is 6.07 Å². The van der Waals surface area contributed by atoms with Crippen LogP contribution < -0.4 is 15.2 Å². The first-order chi connectivity index (χ1) is 10.1. The van der Waals surface area contributed by atoms with Crippen molar-refractivity contribution in [2.75, 3.05) is 13.2 Å². The van der Waals surface area contributed by atoms with Crippen LogP contribution in [-0.2, 0) is 0 Å². The van der Waals surface area contributed by atoms with Crippen LogP contribution in [-0.4, -0.2) is 13.2 Å². The van der Waals surface area contributed by atoms with E-state index in [2.05, 4.69) is 0 Å². The molecule has 2 N–H and O–H groups in total. The summed E-state index contributed by atoms with van der Waals surface area (Å²) in [6.45, 7) is 4.30. The minimum absolute atomic E-state index is 0.268. The number of rotatable bonds is 6. The van der Waals surface area contributed by atoms with Gasteiger partial charge in [0.05, 0.1) is 0 Å². The summed E-state index contributed by atoms with van der Waals surface area (Å²) >= 11 is 0. The van der Waals surface area contributed by atoms with Gasteiger partial charge in [-0.25, -0.2) is 4.39 Å². The lowest BCUT2D eigenvalue weighted by Gasteiger charge is -2.15. The fourth-order valence-corrected chi connectivity index (χ4v) is 1.98. The van der Waals surface area contributed by atoms with Gasteiger partial charge in [0.15, 0.2) is 0 Å². The first-order valence-electron chi connectivity index (χ1n) is 6.94. The van der Waals surface area contributed by atoms with Gasteiger partial charge >= 0.3 is 0 Å². The van der Waals surface area contributed by atoms with E-state index in [0.29, 0.717) is 30.1 Å². The Labute approximate surface area is 124 Å². The quantitative estimate of drug-likeness (QED) is 0.826. The van der Waals surface area contributed by atoms with Crippen molar-refractivity contribution in [3.8, 4) is 11.5 Å². The average molecular weight is 289 g/mol. The van der Waals surface area contributed by atoms with Crippen molar-refractivity contribution in [3.63, 3.8) is 0 Å². The van der Waals surface area contributed by atoms with Crippen LogP contribution in [0.2, 0.25) is 0 Å². The molecule has 0 fully saturated rings. The fourth-order valence-electron chi connectivity index (χ4n) is 1.98. The Morgan fingerprint density at radius 1 is 1.10 bits per heavy atom. The number of hydrogen-bond acceptors (Lipinski definition) is 3. The van der Waals surface area contributed by atoms with Crippen molar-refractivity contribution in [1.82, 2.24) is 0 Å². The first kappa shape index (κ1) is 15.3. The van der Waals surface area contributed by atoms with Crippen LogP contribution >= 0.6 is 0 Å². The van der Waals surface area contributed by atoms with Crippen LogP contribution in [0, 0.1) is 12.7 Å². The molecule has 0 radical (unpaired) electrons. The molecule has 0 spiro atoms. The maximum absolute atomic E-state index is 13.6. The molecule has 0 aliphatic heterocycles. The maximum atomic E-state index is 13.6. The molecule has 0 saturated carbocycles. The molecule has 2 aromatic carbocycles. The molecule has 0 saturated heterocycles. The van der Waals surface area contributed by atoms with Crippen LogP contribution in [0.15, 0.2) is 42.5 Å². The molecule has 0 aliphatic carbocycles. The van der Waals surface area contributed by atoms with Gasteiger partial charge in [0, 0.05) is 11.6 Å². The lowest BCUT2D eigenvalue weighted by molar-refractivity contribution is 0.215. The number of aryl methyl sites for hydroxylation is 1. The second-order valence-corrected chi connectivity index (χ2v) is 4.94. The highest BCUT2D eigenvalue weighted by atomic mass is 19.1. The summed E-state index contributed by atoms with van der Waals surface area (Å²) in [5.74, 6) is 1.14. The van der Waals surface area contributed by atoms with Crippen molar-refractivity contribution in [1.29, 1.82) is 0 Å². The molecule has 1 unspecified atom stereocenters. The molecule has 2 rings (SSSR count). The molecule has 0 heterocycles. The van der Waals surface area contributed by atoms with Gasteiger partial charge in [0.1, 0.15) is 30.5 Å². The van der Waals surface area contributed by atoms with E-state index >= 15 is 0 Å². The molecular weight excluding hydrogens is 269 g/mol. The van der Waals surface area contributed by atoms with Gasteiger partial charge in [-0.15, -0.1) is 0 Å². The second-order valence-electron chi connectivity index (χ2n) is 4.94. The topological polar surface area (TPSA) is 44.5 Å². The van der Waals surface area contributed by atoms with Gasteiger partial charge in [-0.05, 0) is 43.7 Å². The standard InChI is InChI=1S/C17H20FNO2/c1-12-10-17(15(13(2)19)11-16(12)18)21-9-8-20-14-6-4-3-5-7-14/h3-7,10-11,13H,8-9,19H2,1-2H3. The lowest BCUT2D eigenvalue weighted by Crippen LogP contribution is -2.13. The lowest BCUT2D eigenvalue weighted by atomic mass is 10.1. The van der Waals surface area contributed by atoms with E-state index in [1.54, 1.807) is 19.9 Å². The number of para-hydroxylation sites is 1. The Morgan fingerprint density at radius 2 is 1.76 bits per heavy atom. The molecule has 112 valence electrons. The number of halogens is 1. The summed E-state index contributed by atoms with van der Waals surface area (Å²) in [6, 6.07) is 12.3. The maximum Gasteiger partial charge on any atom is 0.126 e. The Morgan fingerprint density at radius 3 is 2.43 bits per heavy atom. The summed E-state index contributed by atoms with van der Waals surface area (Å²) in [4.78, 5) is 0. The smallest absolute Gasteiger partial charge is 0.126 e. The normalized spacial score (nSPS) is 12.0. The Hall–Kier alpha value is -2.07. The van der Waals surface area contributed by atoms with Crippen molar-refractivity contribution in [2.24, 2.45) is 5.73 Å². The predicted molar refractivity (Wildman–Crippen MR) is 81.2 cm³/mol. The zero-order valence-corrected chi connectivity index (χ0v) is 12.3. The summed E-state index contributed by atoms with van der Waals surface area (Å²) in [5.41, 5.74) is 7.06. The van der Waals surface area contributed by atoms with Crippen molar-refractivity contribution >= 4 is 0 Å². The molecular formula is C17H20FNO2. The third-order valence-corrected chi connectivity index (χ3v) is 3.13. The Bertz CT molecular complexity index is 585. The number of hydrogen-bond donors (Lipinski definition) is 1. The molecule has 21 heavy (non-hydrogen) atoms. The molecule has 3 nitrogen and oxygen atoms in total. The largest absolute Gasteiger partial charge is 0.490 e. The zero-order valence-electron chi connectivity index (χ0n) is 12.3. The van der Waals surface area contributed by atoms with E-state index in [-0.39, 0.29) is 11.9 Å². The van der Waals surface area contributed by atoms with Gasteiger partial charge in [-0.2, -0.15) is 0 Å². The fraction of sp³-hybridized carbons (Fsp3) is 0.294. The average Bonchev–Trinajstić information content (AvgIpc) is 2.47. The molecule has 0 bridgehead atoms. The first-order valence-corrected chi connectivity index (χ1v) is 6.94. The monoisotopic (exact) mass is 289 g/mol. The van der Waals surface area contributed by atoms with Gasteiger partial charge < -0.3 is 15.2 Å². The summed E-state index contributed by atoms with van der Waals surface area (Å²) < 4.78 is 24.8. The molecule has 0 aliphatic rings. The summed E-state index contributed by atoms with van der Waals surface area (Å²) in [6.07, 6.45) is 0. The number of ether oxygens (including phenoxy) is 2. The van der Waals surface area contributed by atoms with Gasteiger partial charge in [-0.3, -0.25) is 0 Å². The third-order valence-electron chi connectivity index (χ3n) is 3.13. The molecule has 1 atom stereocenters. The van der Waals surface area contributed by atoms with E-state index in [9.17, 15) is 4.39 Å². The highest BCUT2D eigenvalue weighted by Gasteiger charge is 2.12. The molecule has 2 aromatic rings. The minimum Gasteiger partial charge on any atom is -0.490 e. The van der Waals surface area contributed by atoms with Crippen LogP contribution in [0.4, 0.5) is 4.39 Å². The molecule has 0 aromatic heterocycles. The third kappa shape index (κ3) is 4.20. The van der Waals surface area contributed by atoms with Crippen LogP contribution in [0.3, 0.4) is 0 Å². The summed E-state index contributed by atoms with van der Waals surface area (Å²) in [5, 5.41) is 0. The molecule has 0 amide bonds. The van der Waals surface area contributed by atoms with Crippen LogP contribution in [0.5, 0.6) is 11.5 Å². The summed E-state index contributed by atoms with van der Waals surface area (Å²) in [7, 11) is 0. The number of benzene rings is 2. The van der Waals surface area contributed by atoms with Crippen molar-refractivity contribution in [2.45, 2.75) is 19.9 Å². The SMILES string of the molecule is Cc1cc(OCCOc2ccccc2)c(C(C)N)cc1F. The van der Waals surface area contributed by atoms with Crippen molar-refractivity contribution in [3.05, 3.63) is 59.4 Å². The van der Waals surface area contributed by atoms with E-state index in [1.807, 2.05) is 30.3 Å². The highest BCUT2D eigenvalue weighted by molar-refractivity contribution is 5.39. The van der Waals surface area contributed by atoms with Crippen LogP contribution in [0.1, 0.15) is 24.1 Å². The van der Waals surface area contributed by atoms with Gasteiger partial charge in [0.25, 0.3) is 0 Å². The highest BCUT2D eigenvalue weighted by Crippen LogP contribution is 2.27. The predicted octanol–water partition coefficient (Wildman–Crippen LogP) is 3.61. The van der Waals surface area contributed by atoms with Gasteiger partial charge in [0.2, 0.25) is 0 Å². The van der Waals surface area contributed by atoms with Crippen LogP contribution in [0.25, 0.3) is 0 Å². The van der Waals surface area contributed by atoms with E-state index in [0.717, 1.165) is 5.75 Å². The zero-order chi connectivity index (χ0) is 15.2. The van der Waals surface area contributed by atoms with E-state index in [4.69, 9.17) is 15.2 Å². The second kappa shape index (κ2) is 7.09. The van der Waals surface area contributed by atoms with Gasteiger partial charge in [-0.1, -0.05) is 18.2 Å². The Kier molecular flexibility index (Phi) is 5.17. The molecule has 4 heteroatoms. The Balaban J connectivity index is 1.95. The minimum atomic E-state index is -0.287.